The molecule has 0 rings (SSSR count). The fourth-order valence-electron chi connectivity index (χ4n) is 0.248. The molecule has 1 amide bonds. The average molecular weight is 118 g/mol. The first-order chi connectivity index (χ1) is 3.66. The van der Waals surface area contributed by atoms with Crippen LogP contribution >= 0.6 is 0 Å². The quantitative estimate of drug-likeness (QED) is 0.289. The summed E-state index contributed by atoms with van der Waals surface area (Å²) in [5.74, 6) is 4.70. The van der Waals surface area contributed by atoms with Gasteiger partial charge in [0.05, 0.1) is 6.10 Å². The van der Waals surface area contributed by atoms with Gasteiger partial charge in [-0.25, -0.2) is 10.6 Å². The number of amides is 1. The molecule has 0 bridgehead atoms. The maximum absolute atomic E-state index is 10.2. The lowest BCUT2D eigenvalue weighted by molar-refractivity contribution is 0.116. The second kappa shape index (κ2) is 3.26. The van der Waals surface area contributed by atoms with Crippen LogP contribution in [0.5, 0.6) is 0 Å². The number of hydrogen-bond donors (Lipinski definition) is 2. The summed E-state index contributed by atoms with van der Waals surface area (Å²) in [5, 5.41) is 0. The van der Waals surface area contributed by atoms with Crippen molar-refractivity contribution in [2.24, 2.45) is 5.84 Å². The lowest BCUT2D eigenvalue weighted by atomic mass is 10.5. The summed E-state index contributed by atoms with van der Waals surface area (Å²) < 4.78 is 4.52. The van der Waals surface area contributed by atoms with Gasteiger partial charge in [-0.3, -0.25) is 5.43 Å². The lowest BCUT2D eigenvalue weighted by Crippen LogP contribution is -2.32. The molecule has 0 atom stereocenters. The Morgan fingerprint density at radius 1 is 1.75 bits per heavy atom. The van der Waals surface area contributed by atoms with E-state index in [1.54, 1.807) is 13.8 Å². The molecule has 0 aliphatic heterocycles. The average Bonchev–Trinajstić information content (AvgIpc) is 1.65. The van der Waals surface area contributed by atoms with Gasteiger partial charge in [0.25, 0.3) is 0 Å². The molecule has 0 saturated carbocycles. The largest absolute Gasteiger partial charge is 0.446 e. The van der Waals surface area contributed by atoms with E-state index in [4.69, 9.17) is 5.84 Å². The van der Waals surface area contributed by atoms with Crippen molar-refractivity contribution in [2.45, 2.75) is 20.0 Å². The number of rotatable bonds is 1. The monoisotopic (exact) mass is 118 g/mol. The molecule has 0 aromatic carbocycles. The molecule has 4 nitrogen and oxygen atoms in total. The van der Waals surface area contributed by atoms with Crippen LogP contribution in [0.25, 0.3) is 0 Å². The van der Waals surface area contributed by atoms with Crippen LogP contribution in [0.15, 0.2) is 0 Å². The molecule has 8 heavy (non-hydrogen) atoms. The summed E-state index contributed by atoms with van der Waals surface area (Å²) in [4.78, 5) is 10.2. The molecule has 0 aliphatic rings. The molecule has 4 heteroatoms. The highest BCUT2D eigenvalue weighted by Gasteiger charge is 1.98. The summed E-state index contributed by atoms with van der Waals surface area (Å²) in [6.07, 6.45) is -0.710. The van der Waals surface area contributed by atoms with E-state index in [-0.39, 0.29) is 6.10 Å². The standard InChI is InChI=1S/C4H10N2O2/c1-3(2)8-4(7)6-5/h3H,5H2,1-2H3,(H,6,7). The van der Waals surface area contributed by atoms with Gasteiger partial charge in [-0.2, -0.15) is 0 Å². The predicted octanol–water partition coefficient (Wildman–Crippen LogP) is -0.00530. The normalized spacial score (nSPS) is 9.00. The Hall–Kier alpha value is -0.770. The Morgan fingerprint density at radius 2 is 2.25 bits per heavy atom. The Balaban J connectivity index is 3.25. The first kappa shape index (κ1) is 7.23. The molecule has 0 aliphatic carbocycles. The number of carbonyl (C=O) groups is 1. The summed E-state index contributed by atoms with van der Waals surface area (Å²) in [5.41, 5.74) is 1.84. The second-order valence-electron chi connectivity index (χ2n) is 1.60. The van der Waals surface area contributed by atoms with Crippen molar-refractivity contribution in [1.29, 1.82) is 0 Å². The Bertz CT molecular complexity index is 82.1. The fraction of sp³-hybridized carbons (Fsp3) is 0.750. The molecule has 0 aromatic heterocycles. The highest BCUT2D eigenvalue weighted by molar-refractivity contribution is 5.66. The SMILES string of the molecule is CC(C)OC(=O)NN. The van der Waals surface area contributed by atoms with E-state index in [1.807, 2.05) is 5.43 Å². The van der Waals surface area contributed by atoms with Crippen molar-refractivity contribution < 1.29 is 9.53 Å². The first-order valence-electron chi connectivity index (χ1n) is 2.34. The van der Waals surface area contributed by atoms with Crippen LogP contribution in [-0.2, 0) is 4.74 Å². The zero-order chi connectivity index (χ0) is 6.57. The van der Waals surface area contributed by atoms with Crippen molar-refractivity contribution in [3.8, 4) is 0 Å². The molecule has 0 fully saturated rings. The van der Waals surface area contributed by atoms with Crippen molar-refractivity contribution in [2.75, 3.05) is 0 Å². The van der Waals surface area contributed by atoms with Gasteiger partial charge in [-0.1, -0.05) is 0 Å². The first-order valence-corrected chi connectivity index (χ1v) is 2.34. The van der Waals surface area contributed by atoms with Crippen LogP contribution in [0, 0.1) is 0 Å². The summed E-state index contributed by atoms with van der Waals surface area (Å²) in [6.45, 7) is 3.49. The highest BCUT2D eigenvalue weighted by atomic mass is 16.6. The molecule has 0 spiro atoms. The third-order valence-corrected chi connectivity index (χ3v) is 0.461. The Morgan fingerprint density at radius 3 is 2.38 bits per heavy atom. The van der Waals surface area contributed by atoms with Crippen LogP contribution in [0.3, 0.4) is 0 Å². The van der Waals surface area contributed by atoms with E-state index < -0.39 is 6.09 Å². The molecule has 3 N–H and O–H groups in total. The van der Waals surface area contributed by atoms with Crippen LogP contribution < -0.4 is 11.3 Å². The van der Waals surface area contributed by atoms with Crippen molar-refractivity contribution in [3.63, 3.8) is 0 Å². The summed E-state index contributed by atoms with van der Waals surface area (Å²) in [7, 11) is 0. The Kier molecular flexibility index (Phi) is 2.95. The number of nitrogens with two attached hydrogens (primary N) is 1. The number of carbonyl (C=O) groups excluding carboxylic acids is 1. The maximum Gasteiger partial charge on any atom is 0.421 e. The minimum atomic E-state index is -0.597. The Labute approximate surface area is 48.0 Å². The third kappa shape index (κ3) is 3.42. The van der Waals surface area contributed by atoms with E-state index in [9.17, 15) is 4.79 Å². The summed E-state index contributed by atoms with van der Waals surface area (Å²) >= 11 is 0. The van der Waals surface area contributed by atoms with E-state index in [1.165, 1.54) is 0 Å². The molecular formula is C4H10N2O2. The van der Waals surface area contributed by atoms with Gasteiger partial charge in [-0.15, -0.1) is 0 Å². The lowest BCUT2D eigenvalue weighted by Gasteiger charge is -2.04. The van der Waals surface area contributed by atoms with E-state index in [0.29, 0.717) is 0 Å². The van der Waals surface area contributed by atoms with E-state index in [2.05, 4.69) is 4.74 Å². The number of hydrogen-bond acceptors (Lipinski definition) is 3. The van der Waals surface area contributed by atoms with Crippen molar-refractivity contribution in [1.82, 2.24) is 5.43 Å². The topological polar surface area (TPSA) is 64.3 Å². The number of nitrogens with one attached hydrogen (secondary N) is 1. The highest BCUT2D eigenvalue weighted by Crippen LogP contribution is 1.85. The van der Waals surface area contributed by atoms with Gasteiger partial charge in [0.1, 0.15) is 0 Å². The minimum Gasteiger partial charge on any atom is -0.446 e. The smallest absolute Gasteiger partial charge is 0.421 e. The zero-order valence-corrected chi connectivity index (χ0v) is 4.97. The molecule has 48 valence electrons. The predicted molar refractivity (Wildman–Crippen MR) is 28.9 cm³/mol. The second-order valence-corrected chi connectivity index (χ2v) is 1.60. The summed E-state index contributed by atoms with van der Waals surface area (Å²) in [6, 6.07) is 0. The van der Waals surface area contributed by atoms with Crippen LogP contribution in [0.1, 0.15) is 13.8 Å². The van der Waals surface area contributed by atoms with Crippen LogP contribution in [-0.4, -0.2) is 12.2 Å². The van der Waals surface area contributed by atoms with Crippen molar-refractivity contribution in [3.05, 3.63) is 0 Å². The van der Waals surface area contributed by atoms with Gasteiger partial charge in [0, 0.05) is 0 Å². The van der Waals surface area contributed by atoms with Crippen molar-refractivity contribution >= 4 is 6.09 Å². The van der Waals surface area contributed by atoms with Gasteiger partial charge >= 0.3 is 6.09 Å². The van der Waals surface area contributed by atoms with Crippen LogP contribution in [0.4, 0.5) is 4.79 Å². The van der Waals surface area contributed by atoms with Crippen LogP contribution in [0.2, 0.25) is 0 Å². The number of hydrazine groups is 1. The van der Waals surface area contributed by atoms with E-state index >= 15 is 0 Å². The van der Waals surface area contributed by atoms with Gasteiger partial charge in [0.2, 0.25) is 0 Å². The van der Waals surface area contributed by atoms with E-state index in [0.717, 1.165) is 0 Å². The molecule has 0 unspecified atom stereocenters. The molecule has 0 saturated heterocycles. The van der Waals surface area contributed by atoms with Gasteiger partial charge < -0.3 is 4.74 Å². The maximum atomic E-state index is 10.2. The number of ether oxygens (including phenoxy) is 1. The zero-order valence-electron chi connectivity index (χ0n) is 4.97. The van der Waals surface area contributed by atoms with Gasteiger partial charge in [-0.05, 0) is 13.8 Å². The molecule has 0 radical (unpaired) electrons. The molecule has 0 heterocycles. The molecule has 0 aromatic rings. The third-order valence-electron chi connectivity index (χ3n) is 0.461. The fourth-order valence-corrected chi connectivity index (χ4v) is 0.248. The van der Waals surface area contributed by atoms with Gasteiger partial charge in [0.15, 0.2) is 0 Å². The minimum absolute atomic E-state index is 0.112. The molecular weight excluding hydrogens is 108 g/mol.